The summed E-state index contributed by atoms with van der Waals surface area (Å²) in [6, 6.07) is 1.40. The third-order valence-electron chi connectivity index (χ3n) is 2.87. The minimum Gasteiger partial charge on any atom is -0.304 e. The summed E-state index contributed by atoms with van der Waals surface area (Å²) < 4.78 is 0. The second-order valence-electron chi connectivity index (χ2n) is 3.75. The molecule has 0 aromatic rings. The van der Waals surface area contributed by atoms with Gasteiger partial charge in [-0.05, 0) is 25.9 Å². The van der Waals surface area contributed by atoms with Crippen LogP contribution in [-0.2, 0) is 9.59 Å². The monoisotopic (exact) mass is 356 g/mol. The summed E-state index contributed by atoms with van der Waals surface area (Å²) in [5.74, 6) is 0. The Morgan fingerprint density at radius 2 is 1.27 bits per heavy atom. The first kappa shape index (κ1) is 15.5. The van der Waals surface area contributed by atoms with Crippen molar-refractivity contribution in [2.24, 2.45) is 0 Å². The first-order chi connectivity index (χ1) is 6.83. The first-order valence-electron chi connectivity index (χ1n) is 5.20. The highest BCUT2D eigenvalue weighted by Gasteiger charge is 2.47. The molecule has 0 aromatic heterocycles. The lowest BCUT2D eigenvalue weighted by atomic mass is 10.5. The van der Waals surface area contributed by atoms with Crippen LogP contribution in [0.2, 0.25) is 12.1 Å². The van der Waals surface area contributed by atoms with Crippen LogP contribution in [0.1, 0.15) is 27.7 Å². The molecule has 5 heteroatoms. The lowest BCUT2D eigenvalue weighted by Crippen LogP contribution is -2.56. The largest absolute Gasteiger partial charge is 0.304 e. The van der Waals surface area contributed by atoms with Crippen LogP contribution in [0.5, 0.6) is 0 Å². The Balaban J connectivity index is 5.22. The summed E-state index contributed by atoms with van der Waals surface area (Å²) >= 11 is 6.58. The van der Waals surface area contributed by atoms with E-state index < -0.39 is 8.07 Å². The van der Waals surface area contributed by atoms with Crippen molar-refractivity contribution >= 4 is 50.7 Å². The molecule has 2 atom stereocenters. The molecule has 88 valence electrons. The first-order valence-corrected chi connectivity index (χ1v) is 9.44. The van der Waals surface area contributed by atoms with E-state index in [4.69, 9.17) is 0 Å². The molecule has 0 saturated carbocycles. The predicted molar refractivity (Wildman–Crippen MR) is 73.5 cm³/mol. The van der Waals surface area contributed by atoms with Gasteiger partial charge in [-0.3, -0.25) is 0 Å². The third kappa shape index (κ3) is 3.23. The molecule has 0 aliphatic heterocycles. The zero-order valence-electron chi connectivity index (χ0n) is 9.64. The number of carbonyl (C=O) groups excluding carboxylic acids is 2. The quantitative estimate of drug-likeness (QED) is 0.540. The van der Waals surface area contributed by atoms with Crippen LogP contribution in [0.3, 0.4) is 0 Å². The van der Waals surface area contributed by atoms with Crippen molar-refractivity contribution in [3.8, 4) is 0 Å². The summed E-state index contributed by atoms with van der Waals surface area (Å²) in [5.41, 5.74) is 0. The molecule has 0 rings (SSSR count). The Bertz CT molecular complexity index is 226. The highest BCUT2D eigenvalue weighted by atomic mass is 79.9. The van der Waals surface area contributed by atoms with Gasteiger partial charge in [-0.1, -0.05) is 45.7 Å². The zero-order valence-corrected chi connectivity index (χ0v) is 13.8. The van der Waals surface area contributed by atoms with Gasteiger partial charge in [-0.15, -0.1) is 0 Å². The molecule has 0 aromatic carbocycles. The summed E-state index contributed by atoms with van der Waals surface area (Å²) in [7, 11) is -2.45. The number of hydrogen-bond donors (Lipinski definition) is 0. The van der Waals surface area contributed by atoms with Crippen LogP contribution >= 0.6 is 31.9 Å². The zero-order chi connectivity index (χ0) is 12.2. The number of rotatable bonds is 6. The maximum atomic E-state index is 12.1. The van der Waals surface area contributed by atoms with Gasteiger partial charge in [-0.25, -0.2) is 0 Å². The highest BCUT2D eigenvalue weighted by molar-refractivity contribution is 9.10. The number of carbonyl (C=O) groups is 2. The van der Waals surface area contributed by atoms with Gasteiger partial charge in [-0.2, -0.15) is 0 Å². The van der Waals surface area contributed by atoms with Gasteiger partial charge in [0.25, 0.3) is 0 Å². The SMILES string of the molecule is CC[Si](CC)(C(=O)C(C)Br)C(=O)C(C)Br. The van der Waals surface area contributed by atoms with E-state index in [1.54, 1.807) is 0 Å². The maximum absolute atomic E-state index is 12.1. The Hall–Kier alpha value is 0.517. The van der Waals surface area contributed by atoms with Gasteiger partial charge >= 0.3 is 0 Å². The molecular weight excluding hydrogens is 340 g/mol. The lowest BCUT2D eigenvalue weighted by molar-refractivity contribution is -0.115. The van der Waals surface area contributed by atoms with Crippen LogP contribution in [-0.4, -0.2) is 28.5 Å². The van der Waals surface area contributed by atoms with E-state index in [9.17, 15) is 9.59 Å². The fraction of sp³-hybridized carbons (Fsp3) is 0.800. The van der Waals surface area contributed by atoms with Crippen LogP contribution in [0, 0.1) is 0 Å². The lowest BCUT2D eigenvalue weighted by Gasteiger charge is -2.28. The predicted octanol–water partition coefficient (Wildman–Crippen LogP) is 3.26. The Morgan fingerprint density at radius 1 is 1.00 bits per heavy atom. The van der Waals surface area contributed by atoms with Gasteiger partial charge in [0.1, 0.15) is 10.8 Å². The molecule has 0 amide bonds. The molecule has 0 aliphatic rings. The molecular formula is C10H18Br2O2Si. The van der Waals surface area contributed by atoms with Crippen molar-refractivity contribution in [3.05, 3.63) is 0 Å². The van der Waals surface area contributed by atoms with Crippen LogP contribution < -0.4 is 0 Å². The standard InChI is InChI=1S/C10H18Br2O2Si/c1-5-15(6-2,9(13)7(3)11)10(14)8(4)12/h7-8H,5-6H2,1-4H3. The van der Waals surface area contributed by atoms with Crippen molar-refractivity contribution in [1.82, 2.24) is 0 Å². The fourth-order valence-corrected chi connectivity index (χ4v) is 8.12. The molecule has 0 radical (unpaired) electrons. The molecule has 0 spiro atoms. The van der Waals surface area contributed by atoms with E-state index in [0.717, 1.165) is 0 Å². The van der Waals surface area contributed by atoms with Gasteiger partial charge in [0.2, 0.25) is 8.07 Å². The summed E-state index contributed by atoms with van der Waals surface area (Å²) in [5, 5.41) is 0.257. The summed E-state index contributed by atoms with van der Waals surface area (Å²) in [6.07, 6.45) is 0. The molecule has 2 unspecified atom stereocenters. The number of alkyl halides is 2. The van der Waals surface area contributed by atoms with Gasteiger partial charge in [0, 0.05) is 0 Å². The molecule has 2 nitrogen and oxygen atoms in total. The number of hydrogen-bond acceptors (Lipinski definition) is 2. The average molecular weight is 358 g/mol. The highest BCUT2D eigenvalue weighted by Crippen LogP contribution is 2.25. The summed E-state index contributed by atoms with van der Waals surface area (Å²) in [6.45, 7) is 7.52. The summed E-state index contributed by atoms with van der Waals surface area (Å²) in [4.78, 5) is 23.9. The van der Waals surface area contributed by atoms with Crippen molar-refractivity contribution in [2.45, 2.75) is 49.4 Å². The van der Waals surface area contributed by atoms with E-state index in [1.165, 1.54) is 0 Å². The van der Waals surface area contributed by atoms with E-state index in [1.807, 2.05) is 27.7 Å². The van der Waals surface area contributed by atoms with Gasteiger partial charge in [0.15, 0.2) is 0 Å². The van der Waals surface area contributed by atoms with Gasteiger partial charge < -0.3 is 9.59 Å². The van der Waals surface area contributed by atoms with Crippen LogP contribution in [0.15, 0.2) is 0 Å². The minimum absolute atomic E-state index is 0.129. The second kappa shape index (κ2) is 6.30. The molecule has 0 N–H and O–H groups in total. The molecule has 0 heterocycles. The third-order valence-corrected chi connectivity index (χ3v) is 9.72. The minimum atomic E-state index is -2.45. The molecule has 0 bridgehead atoms. The molecule has 15 heavy (non-hydrogen) atoms. The Labute approximate surface area is 109 Å². The van der Waals surface area contributed by atoms with Crippen molar-refractivity contribution < 1.29 is 9.59 Å². The van der Waals surface area contributed by atoms with E-state index in [-0.39, 0.29) is 20.5 Å². The average Bonchev–Trinajstić information content (AvgIpc) is 2.19. The topological polar surface area (TPSA) is 34.1 Å². The molecule has 0 saturated heterocycles. The Morgan fingerprint density at radius 3 is 1.40 bits per heavy atom. The van der Waals surface area contributed by atoms with E-state index in [2.05, 4.69) is 31.9 Å². The Kier molecular flexibility index (Phi) is 6.52. The molecule has 0 fully saturated rings. The van der Waals surface area contributed by atoms with Crippen molar-refractivity contribution in [1.29, 1.82) is 0 Å². The van der Waals surface area contributed by atoms with E-state index >= 15 is 0 Å². The van der Waals surface area contributed by atoms with E-state index in [0.29, 0.717) is 12.1 Å². The van der Waals surface area contributed by atoms with Crippen LogP contribution in [0.4, 0.5) is 0 Å². The fourth-order valence-electron chi connectivity index (χ4n) is 1.83. The van der Waals surface area contributed by atoms with Crippen molar-refractivity contribution in [2.75, 3.05) is 0 Å². The maximum Gasteiger partial charge on any atom is 0.210 e. The smallest absolute Gasteiger partial charge is 0.210 e. The molecule has 0 aliphatic carbocycles. The van der Waals surface area contributed by atoms with Crippen LogP contribution in [0.25, 0.3) is 0 Å². The van der Waals surface area contributed by atoms with Crippen molar-refractivity contribution in [3.63, 3.8) is 0 Å². The normalized spacial score (nSPS) is 15.9. The van der Waals surface area contributed by atoms with Gasteiger partial charge in [0.05, 0.1) is 9.65 Å². The number of halogens is 2. The second-order valence-corrected chi connectivity index (χ2v) is 11.1.